The Morgan fingerprint density at radius 3 is 2.58 bits per heavy atom. The van der Waals surface area contributed by atoms with Gasteiger partial charge in [0.25, 0.3) is 5.91 Å². The molecule has 0 aliphatic heterocycles. The number of aryl methyl sites for hydroxylation is 1. The Morgan fingerprint density at radius 2 is 1.81 bits per heavy atom. The average molecular weight is 374 g/mol. The Bertz CT molecular complexity index is 886. The van der Waals surface area contributed by atoms with Gasteiger partial charge in [0.15, 0.2) is 0 Å². The molecule has 0 atom stereocenters. The van der Waals surface area contributed by atoms with E-state index in [1.807, 2.05) is 18.2 Å². The molecule has 0 saturated heterocycles. The smallest absolute Gasteiger partial charge is 0.260 e. The lowest BCUT2D eigenvalue weighted by Gasteiger charge is -2.03. The van der Waals surface area contributed by atoms with Crippen molar-refractivity contribution in [3.8, 4) is 0 Å². The Hall–Kier alpha value is -2.87. The van der Waals surface area contributed by atoms with Crippen molar-refractivity contribution < 1.29 is 13.6 Å². The summed E-state index contributed by atoms with van der Waals surface area (Å²) in [5.74, 6) is -2.36. The fourth-order valence-corrected chi connectivity index (χ4v) is 2.98. The van der Waals surface area contributed by atoms with Crippen molar-refractivity contribution in [3.05, 3.63) is 71.3 Å². The zero-order valence-corrected chi connectivity index (χ0v) is 14.5. The van der Waals surface area contributed by atoms with Crippen molar-refractivity contribution in [1.29, 1.82) is 0 Å². The number of anilines is 2. The number of nitrogens with zero attached hydrogens (tertiary/aromatic N) is 2. The standard InChI is InChI=1S/C18H16F2N4OS/c19-13-8-9-14(15(20)11-13)16(25)22-18-24-23-17(26-18)21-10-4-7-12-5-2-1-3-6-12/h1-3,5-6,8-9,11H,4,7,10H2,(H,21,23)(H,22,24,25). The Kier molecular flexibility index (Phi) is 5.85. The fraction of sp³-hybridized carbons (Fsp3) is 0.167. The van der Waals surface area contributed by atoms with Gasteiger partial charge in [-0.1, -0.05) is 41.7 Å². The maximum atomic E-state index is 13.6. The van der Waals surface area contributed by atoms with Crippen molar-refractivity contribution in [2.24, 2.45) is 0 Å². The molecule has 3 rings (SSSR count). The molecule has 134 valence electrons. The molecule has 2 aromatic carbocycles. The number of hydrogen-bond donors (Lipinski definition) is 2. The number of aromatic nitrogens is 2. The minimum absolute atomic E-state index is 0.240. The molecule has 0 bridgehead atoms. The maximum Gasteiger partial charge on any atom is 0.260 e. The topological polar surface area (TPSA) is 66.9 Å². The zero-order chi connectivity index (χ0) is 18.4. The second kappa shape index (κ2) is 8.48. The Morgan fingerprint density at radius 1 is 1.04 bits per heavy atom. The Balaban J connectivity index is 1.49. The number of rotatable bonds is 7. The van der Waals surface area contributed by atoms with Crippen molar-refractivity contribution in [2.75, 3.05) is 17.2 Å². The number of amides is 1. The van der Waals surface area contributed by atoms with E-state index in [-0.39, 0.29) is 10.7 Å². The lowest BCUT2D eigenvalue weighted by atomic mass is 10.1. The average Bonchev–Trinajstić information content (AvgIpc) is 3.07. The van der Waals surface area contributed by atoms with E-state index in [9.17, 15) is 13.6 Å². The van der Waals surface area contributed by atoms with E-state index >= 15 is 0 Å². The number of nitrogens with one attached hydrogen (secondary N) is 2. The first-order valence-electron chi connectivity index (χ1n) is 7.99. The summed E-state index contributed by atoms with van der Waals surface area (Å²) >= 11 is 1.15. The van der Waals surface area contributed by atoms with Crippen molar-refractivity contribution in [1.82, 2.24) is 10.2 Å². The van der Waals surface area contributed by atoms with E-state index in [0.29, 0.717) is 17.7 Å². The van der Waals surface area contributed by atoms with Crippen LogP contribution in [-0.2, 0) is 6.42 Å². The first-order chi connectivity index (χ1) is 12.6. The summed E-state index contributed by atoms with van der Waals surface area (Å²) in [6, 6.07) is 12.9. The van der Waals surface area contributed by atoms with Gasteiger partial charge in [-0.2, -0.15) is 0 Å². The maximum absolute atomic E-state index is 13.6. The van der Waals surface area contributed by atoms with E-state index in [0.717, 1.165) is 36.3 Å². The number of halogens is 2. The molecule has 0 saturated carbocycles. The van der Waals surface area contributed by atoms with Gasteiger partial charge in [-0.05, 0) is 30.5 Å². The van der Waals surface area contributed by atoms with Crippen LogP contribution in [0.3, 0.4) is 0 Å². The van der Waals surface area contributed by atoms with Crippen LogP contribution in [0.4, 0.5) is 19.0 Å². The second-order valence-corrected chi connectivity index (χ2v) is 6.48. The molecule has 0 aliphatic rings. The van der Waals surface area contributed by atoms with Gasteiger partial charge in [-0.15, -0.1) is 10.2 Å². The predicted octanol–water partition coefficient (Wildman–Crippen LogP) is 4.11. The van der Waals surface area contributed by atoms with Crippen LogP contribution in [0.1, 0.15) is 22.3 Å². The molecule has 1 heterocycles. The third kappa shape index (κ3) is 4.82. The molecule has 0 aliphatic carbocycles. The second-order valence-electron chi connectivity index (χ2n) is 5.51. The monoisotopic (exact) mass is 374 g/mol. The summed E-state index contributed by atoms with van der Waals surface area (Å²) in [5, 5.41) is 14.2. The quantitative estimate of drug-likeness (QED) is 0.611. The van der Waals surface area contributed by atoms with E-state index in [1.54, 1.807) is 0 Å². The third-order valence-electron chi connectivity index (χ3n) is 3.58. The third-order valence-corrected chi connectivity index (χ3v) is 4.38. The number of carbonyl (C=O) groups excluding carboxylic acids is 1. The molecule has 3 aromatic rings. The lowest BCUT2D eigenvalue weighted by Crippen LogP contribution is -2.13. The van der Waals surface area contributed by atoms with E-state index < -0.39 is 17.5 Å². The minimum atomic E-state index is -0.925. The number of benzene rings is 2. The van der Waals surface area contributed by atoms with E-state index in [2.05, 4.69) is 33.0 Å². The molecule has 0 unspecified atom stereocenters. The highest BCUT2D eigenvalue weighted by molar-refractivity contribution is 7.19. The van der Waals surface area contributed by atoms with Gasteiger partial charge < -0.3 is 5.32 Å². The normalized spacial score (nSPS) is 10.5. The minimum Gasteiger partial charge on any atom is -0.360 e. The number of hydrogen-bond acceptors (Lipinski definition) is 5. The van der Waals surface area contributed by atoms with E-state index in [4.69, 9.17) is 0 Å². The highest BCUT2D eigenvalue weighted by Gasteiger charge is 2.14. The summed E-state index contributed by atoms with van der Waals surface area (Å²) in [5.41, 5.74) is 1.01. The van der Waals surface area contributed by atoms with Crippen molar-refractivity contribution in [3.63, 3.8) is 0 Å². The van der Waals surface area contributed by atoms with Gasteiger partial charge in [0.1, 0.15) is 11.6 Å². The van der Waals surface area contributed by atoms with Gasteiger partial charge >= 0.3 is 0 Å². The first kappa shape index (κ1) is 17.9. The SMILES string of the molecule is O=C(Nc1nnc(NCCCc2ccccc2)s1)c1ccc(F)cc1F. The molecule has 0 radical (unpaired) electrons. The summed E-state index contributed by atoms with van der Waals surface area (Å²) in [6.07, 6.45) is 1.87. The van der Waals surface area contributed by atoms with Gasteiger partial charge in [0, 0.05) is 12.6 Å². The number of carbonyl (C=O) groups is 1. The summed E-state index contributed by atoms with van der Waals surface area (Å²) in [6.45, 7) is 0.712. The highest BCUT2D eigenvalue weighted by atomic mass is 32.1. The summed E-state index contributed by atoms with van der Waals surface area (Å²) in [7, 11) is 0. The van der Waals surface area contributed by atoms with Gasteiger partial charge in [0.2, 0.25) is 10.3 Å². The largest absolute Gasteiger partial charge is 0.360 e. The molecule has 26 heavy (non-hydrogen) atoms. The van der Waals surface area contributed by atoms with Crippen LogP contribution in [0.25, 0.3) is 0 Å². The summed E-state index contributed by atoms with van der Waals surface area (Å²) in [4.78, 5) is 12.0. The van der Waals surface area contributed by atoms with Crippen molar-refractivity contribution in [2.45, 2.75) is 12.8 Å². The molecule has 0 spiro atoms. The predicted molar refractivity (Wildman–Crippen MR) is 97.5 cm³/mol. The molecular formula is C18H16F2N4OS. The van der Waals surface area contributed by atoms with E-state index in [1.165, 1.54) is 5.56 Å². The molecule has 1 aromatic heterocycles. The van der Waals surface area contributed by atoms with Crippen LogP contribution in [0.2, 0.25) is 0 Å². The Labute approximate surface area is 153 Å². The molecule has 1 amide bonds. The first-order valence-corrected chi connectivity index (χ1v) is 8.81. The van der Waals surface area contributed by atoms with Crippen LogP contribution >= 0.6 is 11.3 Å². The van der Waals surface area contributed by atoms with Crippen LogP contribution in [0.15, 0.2) is 48.5 Å². The lowest BCUT2D eigenvalue weighted by molar-refractivity contribution is 0.102. The molecular weight excluding hydrogens is 358 g/mol. The molecule has 2 N–H and O–H groups in total. The van der Waals surface area contributed by atoms with Gasteiger partial charge in [-0.25, -0.2) is 8.78 Å². The van der Waals surface area contributed by atoms with Gasteiger partial charge in [-0.3, -0.25) is 10.1 Å². The molecule has 0 fully saturated rings. The van der Waals surface area contributed by atoms with Crippen molar-refractivity contribution >= 4 is 27.5 Å². The molecule has 5 nitrogen and oxygen atoms in total. The van der Waals surface area contributed by atoms with Gasteiger partial charge in [0.05, 0.1) is 5.56 Å². The highest BCUT2D eigenvalue weighted by Crippen LogP contribution is 2.21. The van der Waals surface area contributed by atoms with Crippen LogP contribution in [0, 0.1) is 11.6 Å². The zero-order valence-electron chi connectivity index (χ0n) is 13.7. The molecule has 8 heteroatoms. The van der Waals surface area contributed by atoms with Crippen LogP contribution < -0.4 is 10.6 Å². The van der Waals surface area contributed by atoms with Crippen LogP contribution in [-0.4, -0.2) is 22.6 Å². The summed E-state index contributed by atoms with van der Waals surface area (Å²) < 4.78 is 26.5. The van der Waals surface area contributed by atoms with Crippen LogP contribution in [0.5, 0.6) is 0 Å². The fourth-order valence-electron chi connectivity index (χ4n) is 2.32.